The molecule has 0 atom stereocenters. The Bertz CT molecular complexity index is 280. The molecule has 15 heavy (non-hydrogen) atoms. The molecule has 3 heteroatoms. The maximum Gasteiger partial charge on any atom is 0.115 e. The summed E-state index contributed by atoms with van der Waals surface area (Å²) < 4.78 is 0. The number of hydrogen-bond donors (Lipinski definition) is 3. The van der Waals surface area contributed by atoms with E-state index in [1.54, 1.807) is 12.1 Å². The molecule has 0 radical (unpaired) electrons. The molecular formula is C12H18O3. The van der Waals surface area contributed by atoms with Gasteiger partial charge in [-0.15, -0.1) is 0 Å². The smallest absolute Gasteiger partial charge is 0.115 e. The fraction of sp³-hybridized carbons (Fsp3) is 0.500. The summed E-state index contributed by atoms with van der Waals surface area (Å²) in [6, 6.07) is 6.85. The molecule has 0 aliphatic carbocycles. The molecule has 1 aromatic rings. The molecule has 84 valence electrons. The van der Waals surface area contributed by atoms with Gasteiger partial charge in [-0.2, -0.15) is 0 Å². The van der Waals surface area contributed by atoms with Gasteiger partial charge in [0.25, 0.3) is 0 Å². The Morgan fingerprint density at radius 3 is 2.00 bits per heavy atom. The van der Waals surface area contributed by atoms with Crippen molar-refractivity contribution < 1.29 is 15.3 Å². The summed E-state index contributed by atoms with van der Waals surface area (Å²) in [4.78, 5) is 0. The highest BCUT2D eigenvalue weighted by Crippen LogP contribution is 2.26. The van der Waals surface area contributed by atoms with Gasteiger partial charge in [-0.05, 0) is 30.5 Å². The van der Waals surface area contributed by atoms with E-state index in [0.29, 0.717) is 6.42 Å². The fourth-order valence-corrected chi connectivity index (χ4v) is 1.56. The van der Waals surface area contributed by atoms with Crippen LogP contribution in [0.4, 0.5) is 0 Å². The first-order valence-electron chi connectivity index (χ1n) is 5.15. The van der Waals surface area contributed by atoms with Crippen LogP contribution in [0.15, 0.2) is 24.3 Å². The molecule has 1 rings (SSSR count). The van der Waals surface area contributed by atoms with Crippen molar-refractivity contribution in [2.24, 2.45) is 5.41 Å². The number of benzene rings is 1. The molecule has 0 aliphatic heterocycles. The van der Waals surface area contributed by atoms with Gasteiger partial charge in [0.1, 0.15) is 5.75 Å². The zero-order valence-corrected chi connectivity index (χ0v) is 8.98. The molecule has 0 saturated heterocycles. The first kappa shape index (κ1) is 12.0. The second kappa shape index (κ2) is 5.14. The number of hydrogen-bond acceptors (Lipinski definition) is 3. The SMILES string of the molecule is CCC(CO)(CO)Cc1ccc(O)cc1. The molecule has 0 heterocycles. The molecule has 0 saturated carbocycles. The summed E-state index contributed by atoms with van der Waals surface area (Å²) in [5.41, 5.74) is 0.564. The van der Waals surface area contributed by atoms with Crippen LogP contribution in [0.2, 0.25) is 0 Å². The molecule has 0 unspecified atom stereocenters. The molecule has 3 nitrogen and oxygen atoms in total. The van der Waals surface area contributed by atoms with Crippen molar-refractivity contribution in [1.82, 2.24) is 0 Å². The second-order valence-corrected chi connectivity index (χ2v) is 4.01. The minimum absolute atomic E-state index is 0.0269. The third-order valence-corrected chi connectivity index (χ3v) is 2.94. The zero-order chi connectivity index (χ0) is 11.3. The van der Waals surface area contributed by atoms with Crippen LogP contribution in [0.5, 0.6) is 5.75 Å². The first-order valence-corrected chi connectivity index (χ1v) is 5.15. The fourth-order valence-electron chi connectivity index (χ4n) is 1.56. The summed E-state index contributed by atoms with van der Waals surface area (Å²) in [5.74, 6) is 0.230. The molecule has 3 N–H and O–H groups in total. The van der Waals surface area contributed by atoms with Crippen LogP contribution in [0, 0.1) is 5.41 Å². The molecule has 1 aromatic carbocycles. The zero-order valence-electron chi connectivity index (χ0n) is 8.98. The van der Waals surface area contributed by atoms with Gasteiger partial charge in [0.15, 0.2) is 0 Å². The molecule has 0 fully saturated rings. The van der Waals surface area contributed by atoms with Gasteiger partial charge in [-0.25, -0.2) is 0 Å². The van der Waals surface area contributed by atoms with Crippen molar-refractivity contribution in [2.75, 3.05) is 13.2 Å². The Morgan fingerprint density at radius 1 is 1.07 bits per heavy atom. The van der Waals surface area contributed by atoms with Gasteiger partial charge in [0, 0.05) is 5.41 Å². The Kier molecular flexibility index (Phi) is 4.12. The van der Waals surface area contributed by atoms with E-state index < -0.39 is 5.41 Å². The number of aromatic hydroxyl groups is 1. The van der Waals surface area contributed by atoms with Gasteiger partial charge >= 0.3 is 0 Å². The van der Waals surface area contributed by atoms with Crippen LogP contribution in [0.25, 0.3) is 0 Å². The standard InChI is InChI=1S/C12H18O3/c1-2-12(8-13,9-14)7-10-3-5-11(15)6-4-10/h3-6,13-15H,2,7-9H2,1H3. The maximum absolute atomic E-state index is 9.28. The lowest BCUT2D eigenvalue weighted by molar-refractivity contribution is 0.0514. The van der Waals surface area contributed by atoms with Crippen molar-refractivity contribution in [1.29, 1.82) is 0 Å². The Balaban J connectivity index is 2.78. The summed E-state index contributed by atoms with van der Waals surface area (Å²) in [6.45, 7) is 1.90. The van der Waals surface area contributed by atoms with E-state index in [4.69, 9.17) is 5.11 Å². The number of rotatable bonds is 5. The van der Waals surface area contributed by atoms with Crippen LogP contribution < -0.4 is 0 Å². The summed E-state index contributed by atoms with van der Waals surface area (Å²) in [7, 11) is 0. The van der Waals surface area contributed by atoms with E-state index in [1.807, 2.05) is 19.1 Å². The highest BCUT2D eigenvalue weighted by atomic mass is 16.3. The number of aliphatic hydroxyl groups is 2. The third-order valence-electron chi connectivity index (χ3n) is 2.94. The summed E-state index contributed by atoms with van der Waals surface area (Å²) in [6.07, 6.45) is 1.34. The summed E-state index contributed by atoms with van der Waals surface area (Å²) in [5, 5.41) is 27.7. The van der Waals surface area contributed by atoms with E-state index in [1.165, 1.54) is 0 Å². The van der Waals surface area contributed by atoms with Crippen LogP contribution in [0.1, 0.15) is 18.9 Å². The van der Waals surface area contributed by atoms with E-state index in [0.717, 1.165) is 12.0 Å². The van der Waals surface area contributed by atoms with Crippen molar-refractivity contribution in [2.45, 2.75) is 19.8 Å². The molecule has 0 amide bonds. The Morgan fingerprint density at radius 2 is 1.60 bits per heavy atom. The van der Waals surface area contributed by atoms with E-state index in [9.17, 15) is 10.2 Å². The van der Waals surface area contributed by atoms with Gasteiger partial charge in [0.2, 0.25) is 0 Å². The Labute approximate surface area is 90.0 Å². The lowest BCUT2D eigenvalue weighted by atomic mass is 9.81. The van der Waals surface area contributed by atoms with Gasteiger partial charge in [-0.1, -0.05) is 19.1 Å². The minimum Gasteiger partial charge on any atom is -0.508 e. The predicted octanol–water partition coefficient (Wildman–Crippen LogP) is 1.32. The van der Waals surface area contributed by atoms with Crippen LogP contribution in [0.3, 0.4) is 0 Å². The predicted molar refractivity (Wildman–Crippen MR) is 58.7 cm³/mol. The number of phenolic OH excluding ortho intramolecular Hbond substituents is 1. The van der Waals surface area contributed by atoms with Gasteiger partial charge in [-0.3, -0.25) is 0 Å². The van der Waals surface area contributed by atoms with E-state index in [2.05, 4.69) is 0 Å². The quantitative estimate of drug-likeness (QED) is 0.686. The van der Waals surface area contributed by atoms with Crippen molar-refractivity contribution in [3.63, 3.8) is 0 Å². The highest BCUT2D eigenvalue weighted by molar-refractivity contribution is 5.26. The topological polar surface area (TPSA) is 60.7 Å². The lowest BCUT2D eigenvalue weighted by Crippen LogP contribution is -2.31. The maximum atomic E-state index is 9.28. The number of aliphatic hydroxyl groups excluding tert-OH is 2. The average Bonchev–Trinajstić information content (AvgIpc) is 2.29. The average molecular weight is 210 g/mol. The minimum atomic E-state index is -0.447. The third kappa shape index (κ3) is 2.94. The van der Waals surface area contributed by atoms with Crippen molar-refractivity contribution in [3.05, 3.63) is 29.8 Å². The van der Waals surface area contributed by atoms with Crippen molar-refractivity contribution >= 4 is 0 Å². The summed E-state index contributed by atoms with van der Waals surface area (Å²) >= 11 is 0. The normalized spacial score (nSPS) is 11.7. The second-order valence-electron chi connectivity index (χ2n) is 4.01. The molecule has 0 aromatic heterocycles. The van der Waals surface area contributed by atoms with Crippen LogP contribution >= 0.6 is 0 Å². The molecular weight excluding hydrogens is 192 g/mol. The van der Waals surface area contributed by atoms with Gasteiger partial charge < -0.3 is 15.3 Å². The largest absolute Gasteiger partial charge is 0.508 e. The molecule has 0 bridgehead atoms. The van der Waals surface area contributed by atoms with Crippen LogP contribution in [-0.2, 0) is 6.42 Å². The Hall–Kier alpha value is -1.06. The monoisotopic (exact) mass is 210 g/mol. The van der Waals surface area contributed by atoms with E-state index in [-0.39, 0.29) is 19.0 Å². The molecule has 0 aliphatic rings. The first-order chi connectivity index (χ1) is 7.15. The van der Waals surface area contributed by atoms with E-state index >= 15 is 0 Å². The van der Waals surface area contributed by atoms with Crippen molar-refractivity contribution in [3.8, 4) is 5.75 Å². The van der Waals surface area contributed by atoms with Gasteiger partial charge in [0.05, 0.1) is 13.2 Å². The highest BCUT2D eigenvalue weighted by Gasteiger charge is 2.26. The molecule has 0 spiro atoms. The number of phenols is 1. The van der Waals surface area contributed by atoms with Crippen LogP contribution in [-0.4, -0.2) is 28.5 Å². The lowest BCUT2D eigenvalue weighted by Gasteiger charge is -2.28.